The molecule has 2 rings (SSSR count). The molecule has 6 nitrogen and oxygen atoms in total. The molecule has 120 valence electrons. The van der Waals surface area contributed by atoms with Crippen LogP contribution in [-0.2, 0) is 14.3 Å². The van der Waals surface area contributed by atoms with E-state index in [0.29, 0.717) is 6.54 Å². The summed E-state index contributed by atoms with van der Waals surface area (Å²) in [6.07, 6.45) is -0.155. The quantitative estimate of drug-likeness (QED) is 0.762. The second-order valence-electron chi connectivity index (χ2n) is 5.34. The fourth-order valence-electron chi connectivity index (χ4n) is 2.29. The third kappa shape index (κ3) is 5.46. The summed E-state index contributed by atoms with van der Waals surface area (Å²) in [5, 5.41) is 5.53. The summed E-state index contributed by atoms with van der Waals surface area (Å²) in [5.41, 5.74) is 1.72. The molecule has 1 aromatic rings. The van der Waals surface area contributed by atoms with Crippen molar-refractivity contribution >= 4 is 17.5 Å². The van der Waals surface area contributed by atoms with E-state index in [-0.39, 0.29) is 18.2 Å². The Balaban J connectivity index is 1.65. The molecule has 0 atom stereocenters. The van der Waals surface area contributed by atoms with Gasteiger partial charge >= 0.3 is 0 Å². The minimum atomic E-state index is -0.293. The standard InChI is InChI=1S/C16H23N3O3/c1-13-4-2-3-5-14(13)18-16(21)12-15(20)17-6-7-19-8-10-22-11-9-19/h2-5H,6-12H2,1H3,(H,17,20)(H,18,21). The normalized spacial score (nSPS) is 15.3. The minimum absolute atomic E-state index is 0.155. The Bertz CT molecular complexity index is 513. The van der Waals surface area contributed by atoms with Crippen molar-refractivity contribution in [3.05, 3.63) is 29.8 Å². The molecule has 0 unspecified atom stereocenters. The lowest BCUT2D eigenvalue weighted by molar-refractivity contribution is -0.126. The lowest BCUT2D eigenvalue weighted by Gasteiger charge is -2.26. The molecule has 2 N–H and O–H groups in total. The van der Waals surface area contributed by atoms with E-state index >= 15 is 0 Å². The molecular weight excluding hydrogens is 282 g/mol. The van der Waals surface area contributed by atoms with E-state index in [1.165, 1.54) is 0 Å². The third-order valence-corrected chi connectivity index (χ3v) is 3.59. The number of para-hydroxylation sites is 1. The van der Waals surface area contributed by atoms with Crippen LogP contribution in [0.2, 0.25) is 0 Å². The molecule has 1 aliphatic rings. The zero-order chi connectivity index (χ0) is 15.8. The van der Waals surface area contributed by atoms with Crippen LogP contribution in [0, 0.1) is 6.92 Å². The van der Waals surface area contributed by atoms with E-state index in [9.17, 15) is 9.59 Å². The Morgan fingerprint density at radius 3 is 2.64 bits per heavy atom. The SMILES string of the molecule is Cc1ccccc1NC(=O)CC(=O)NCCN1CCOCC1. The Morgan fingerprint density at radius 1 is 1.18 bits per heavy atom. The largest absolute Gasteiger partial charge is 0.379 e. The van der Waals surface area contributed by atoms with Gasteiger partial charge in [0.1, 0.15) is 6.42 Å². The molecule has 1 heterocycles. The third-order valence-electron chi connectivity index (χ3n) is 3.59. The number of carbonyl (C=O) groups excluding carboxylic acids is 2. The number of hydrogen-bond donors (Lipinski definition) is 2. The molecule has 0 saturated carbocycles. The fourth-order valence-corrected chi connectivity index (χ4v) is 2.29. The number of nitrogens with one attached hydrogen (secondary N) is 2. The molecule has 6 heteroatoms. The van der Waals surface area contributed by atoms with Crippen LogP contribution in [0.5, 0.6) is 0 Å². The van der Waals surface area contributed by atoms with Crippen LogP contribution >= 0.6 is 0 Å². The van der Waals surface area contributed by atoms with Crippen LogP contribution in [-0.4, -0.2) is 56.1 Å². The van der Waals surface area contributed by atoms with Crippen LogP contribution in [0.25, 0.3) is 0 Å². The molecule has 1 saturated heterocycles. The van der Waals surface area contributed by atoms with Gasteiger partial charge in [-0.3, -0.25) is 14.5 Å². The Morgan fingerprint density at radius 2 is 1.91 bits per heavy atom. The molecule has 0 aliphatic carbocycles. The van der Waals surface area contributed by atoms with Crippen LogP contribution in [0.15, 0.2) is 24.3 Å². The number of morpholine rings is 1. The van der Waals surface area contributed by atoms with Gasteiger partial charge in [0, 0.05) is 31.9 Å². The van der Waals surface area contributed by atoms with Gasteiger partial charge in [0.15, 0.2) is 0 Å². The van der Waals surface area contributed by atoms with Crippen molar-refractivity contribution in [2.24, 2.45) is 0 Å². The topological polar surface area (TPSA) is 70.7 Å². The first-order chi connectivity index (χ1) is 10.6. The van der Waals surface area contributed by atoms with Gasteiger partial charge in [-0.25, -0.2) is 0 Å². The molecule has 0 spiro atoms. The van der Waals surface area contributed by atoms with E-state index in [0.717, 1.165) is 44.1 Å². The van der Waals surface area contributed by atoms with Crippen LogP contribution in [0.1, 0.15) is 12.0 Å². The van der Waals surface area contributed by atoms with Gasteiger partial charge in [-0.1, -0.05) is 18.2 Å². The van der Waals surface area contributed by atoms with Crippen molar-refractivity contribution < 1.29 is 14.3 Å². The highest BCUT2D eigenvalue weighted by Crippen LogP contribution is 2.13. The number of nitrogens with zero attached hydrogens (tertiary/aromatic N) is 1. The number of hydrogen-bond acceptors (Lipinski definition) is 4. The average Bonchev–Trinajstić information content (AvgIpc) is 2.50. The molecule has 1 aromatic carbocycles. The van der Waals surface area contributed by atoms with Crippen molar-refractivity contribution in [3.8, 4) is 0 Å². The highest BCUT2D eigenvalue weighted by atomic mass is 16.5. The highest BCUT2D eigenvalue weighted by Gasteiger charge is 2.12. The summed E-state index contributed by atoms with van der Waals surface area (Å²) in [6.45, 7) is 6.52. The molecule has 0 aromatic heterocycles. The number of rotatable bonds is 6. The molecule has 22 heavy (non-hydrogen) atoms. The summed E-state index contributed by atoms with van der Waals surface area (Å²) in [6, 6.07) is 7.50. The van der Waals surface area contributed by atoms with Crippen molar-refractivity contribution in [2.75, 3.05) is 44.7 Å². The van der Waals surface area contributed by atoms with E-state index in [1.807, 2.05) is 31.2 Å². The number of amides is 2. The van der Waals surface area contributed by atoms with Gasteiger partial charge in [-0.2, -0.15) is 0 Å². The summed E-state index contributed by atoms with van der Waals surface area (Å²) in [5.74, 6) is -0.544. The maximum absolute atomic E-state index is 11.8. The molecule has 0 bridgehead atoms. The van der Waals surface area contributed by atoms with E-state index in [1.54, 1.807) is 0 Å². The summed E-state index contributed by atoms with van der Waals surface area (Å²) in [4.78, 5) is 25.8. The second-order valence-corrected chi connectivity index (χ2v) is 5.34. The first-order valence-electron chi connectivity index (χ1n) is 7.57. The van der Waals surface area contributed by atoms with E-state index < -0.39 is 0 Å². The van der Waals surface area contributed by atoms with Gasteiger partial charge in [0.2, 0.25) is 11.8 Å². The van der Waals surface area contributed by atoms with Gasteiger partial charge in [-0.05, 0) is 18.6 Å². The monoisotopic (exact) mass is 305 g/mol. The smallest absolute Gasteiger partial charge is 0.233 e. The molecule has 2 amide bonds. The molecule has 0 radical (unpaired) electrons. The summed E-state index contributed by atoms with van der Waals surface area (Å²) < 4.78 is 5.26. The summed E-state index contributed by atoms with van der Waals surface area (Å²) >= 11 is 0. The molecular formula is C16H23N3O3. The van der Waals surface area contributed by atoms with E-state index in [2.05, 4.69) is 15.5 Å². The Kier molecular flexibility index (Phi) is 6.36. The van der Waals surface area contributed by atoms with E-state index in [4.69, 9.17) is 4.74 Å². The first-order valence-corrected chi connectivity index (χ1v) is 7.57. The van der Waals surface area contributed by atoms with Gasteiger partial charge in [0.05, 0.1) is 13.2 Å². The number of carbonyl (C=O) groups is 2. The minimum Gasteiger partial charge on any atom is -0.379 e. The van der Waals surface area contributed by atoms with Crippen LogP contribution < -0.4 is 10.6 Å². The molecule has 1 aliphatic heterocycles. The van der Waals surface area contributed by atoms with Gasteiger partial charge in [0.25, 0.3) is 0 Å². The predicted molar refractivity (Wildman–Crippen MR) is 84.7 cm³/mol. The zero-order valence-corrected chi connectivity index (χ0v) is 12.9. The fraction of sp³-hybridized carbons (Fsp3) is 0.500. The van der Waals surface area contributed by atoms with Crippen LogP contribution in [0.4, 0.5) is 5.69 Å². The number of anilines is 1. The highest BCUT2D eigenvalue weighted by molar-refractivity contribution is 6.03. The van der Waals surface area contributed by atoms with Crippen molar-refractivity contribution in [3.63, 3.8) is 0 Å². The lowest BCUT2D eigenvalue weighted by Crippen LogP contribution is -2.41. The van der Waals surface area contributed by atoms with Crippen molar-refractivity contribution in [2.45, 2.75) is 13.3 Å². The number of aryl methyl sites for hydroxylation is 1. The van der Waals surface area contributed by atoms with Crippen molar-refractivity contribution in [1.82, 2.24) is 10.2 Å². The summed E-state index contributed by atoms with van der Waals surface area (Å²) in [7, 11) is 0. The maximum Gasteiger partial charge on any atom is 0.233 e. The van der Waals surface area contributed by atoms with Gasteiger partial charge in [-0.15, -0.1) is 0 Å². The number of benzene rings is 1. The predicted octanol–water partition coefficient (Wildman–Crippen LogP) is 0.772. The zero-order valence-electron chi connectivity index (χ0n) is 12.9. The van der Waals surface area contributed by atoms with Crippen molar-refractivity contribution in [1.29, 1.82) is 0 Å². The average molecular weight is 305 g/mol. The maximum atomic E-state index is 11.8. The first kappa shape index (κ1) is 16.5. The van der Waals surface area contributed by atoms with Gasteiger partial charge < -0.3 is 15.4 Å². The second kappa shape index (κ2) is 8.51. The Labute approximate surface area is 130 Å². The Hall–Kier alpha value is -1.92. The lowest BCUT2D eigenvalue weighted by atomic mass is 10.2. The van der Waals surface area contributed by atoms with Crippen LogP contribution in [0.3, 0.4) is 0 Å². The molecule has 1 fully saturated rings. The number of ether oxygens (including phenoxy) is 1.